The first-order valence-corrected chi connectivity index (χ1v) is 10.3. The van der Waals surface area contributed by atoms with Crippen LogP contribution in [0.1, 0.15) is 69.8 Å². The first kappa shape index (κ1) is 20.6. The number of benzene rings is 1. The minimum Gasteiger partial charge on any atom is -0.348 e. The average Bonchev–Trinajstić information content (AvgIpc) is 2.69. The van der Waals surface area contributed by atoms with Crippen molar-refractivity contribution in [3.63, 3.8) is 0 Å². The summed E-state index contributed by atoms with van der Waals surface area (Å²) in [6.45, 7) is 5.68. The summed E-state index contributed by atoms with van der Waals surface area (Å²) in [7, 11) is 0. The maximum Gasteiger partial charge on any atom is 0.287 e. The Morgan fingerprint density at radius 2 is 1.73 bits per heavy atom. The number of hydrogen-bond donors (Lipinski definition) is 1. The number of nitrogens with one attached hydrogen (secondary N) is 1. The van der Waals surface area contributed by atoms with E-state index in [-0.39, 0.29) is 5.78 Å². The molecule has 0 bridgehead atoms. The number of carbonyl (C=O) groups is 2. The number of nitrogens with zero attached hydrogens (tertiary/aromatic N) is 1. The van der Waals surface area contributed by atoms with Gasteiger partial charge < -0.3 is 10.2 Å². The number of piperidine rings is 1. The van der Waals surface area contributed by atoms with Crippen molar-refractivity contribution in [1.82, 2.24) is 10.2 Å². The van der Waals surface area contributed by atoms with Crippen molar-refractivity contribution < 1.29 is 9.59 Å². The Hall–Kier alpha value is -1.68. The molecule has 1 heterocycles. The summed E-state index contributed by atoms with van der Waals surface area (Å²) in [6, 6.07) is 10.7. The van der Waals surface area contributed by atoms with Crippen molar-refractivity contribution in [3.05, 3.63) is 35.9 Å². The normalized spacial score (nSPS) is 15.7. The fourth-order valence-corrected chi connectivity index (χ4v) is 3.64. The molecule has 1 fully saturated rings. The van der Waals surface area contributed by atoms with Crippen LogP contribution in [-0.4, -0.2) is 42.8 Å². The Bertz CT molecular complexity index is 536. The van der Waals surface area contributed by atoms with E-state index in [9.17, 15) is 9.59 Å². The van der Waals surface area contributed by atoms with E-state index in [0.717, 1.165) is 51.7 Å². The second-order valence-electron chi connectivity index (χ2n) is 7.37. The lowest BCUT2D eigenvalue weighted by molar-refractivity contribution is -0.138. The molecule has 0 aromatic heterocycles. The van der Waals surface area contributed by atoms with Crippen LogP contribution in [0.25, 0.3) is 0 Å². The van der Waals surface area contributed by atoms with Gasteiger partial charge in [-0.25, -0.2) is 0 Å². The van der Waals surface area contributed by atoms with Gasteiger partial charge in [-0.05, 0) is 43.8 Å². The largest absolute Gasteiger partial charge is 0.348 e. The summed E-state index contributed by atoms with van der Waals surface area (Å²) in [5.74, 6) is -0.0136. The van der Waals surface area contributed by atoms with Gasteiger partial charge in [0.25, 0.3) is 5.91 Å². The number of amides is 1. The standard InChI is InChI=1S/C22H34N2O2/c1-2-3-4-5-9-12-21(25)22(26)23-15-18-24-16-13-20(14-17-24)19-10-7-6-8-11-19/h6-8,10-11,20H,2-5,9,12-18H2,1H3,(H,23,26). The van der Waals surface area contributed by atoms with Crippen molar-refractivity contribution in [2.45, 2.75) is 64.2 Å². The Balaban J connectivity index is 1.56. The fourth-order valence-electron chi connectivity index (χ4n) is 3.64. The van der Waals surface area contributed by atoms with E-state index < -0.39 is 5.91 Å². The molecule has 1 saturated heterocycles. The number of unbranched alkanes of at least 4 members (excludes halogenated alkanes) is 4. The molecule has 2 rings (SSSR count). The van der Waals surface area contributed by atoms with Gasteiger partial charge in [-0.15, -0.1) is 0 Å². The van der Waals surface area contributed by atoms with Crippen LogP contribution in [0.2, 0.25) is 0 Å². The van der Waals surface area contributed by atoms with Gasteiger partial charge in [0.15, 0.2) is 0 Å². The Morgan fingerprint density at radius 1 is 1.04 bits per heavy atom. The minimum absolute atomic E-state index is 0.260. The van der Waals surface area contributed by atoms with Gasteiger partial charge in [0.05, 0.1) is 0 Å². The second-order valence-corrected chi connectivity index (χ2v) is 7.37. The van der Waals surface area contributed by atoms with Crippen LogP contribution < -0.4 is 5.32 Å². The summed E-state index contributed by atoms with van der Waals surface area (Å²) in [5, 5.41) is 2.79. The Morgan fingerprint density at radius 3 is 2.42 bits per heavy atom. The van der Waals surface area contributed by atoms with Crippen molar-refractivity contribution in [1.29, 1.82) is 0 Å². The molecule has 0 radical (unpaired) electrons. The number of carbonyl (C=O) groups excluding carboxylic acids is 2. The summed E-state index contributed by atoms with van der Waals surface area (Å²) in [6.07, 6.45) is 8.15. The molecular formula is C22H34N2O2. The quantitative estimate of drug-likeness (QED) is 0.482. The van der Waals surface area contributed by atoms with E-state index in [4.69, 9.17) is 0 Å². The number of hydrogen-bond acceptors (Lipinski definition) is 3. The van der Waals surface area contributed by atoms with E-state index in [1.165, 1.54) is 18.4 Å². The minimum atomic E-state index is -0.403. The number of Topliss-reactive ketones (excluding diaryl/α,β-unsaturated/α-hetero) is 1. The molecule has 1 N–H and O–H groups in total. The predicted octanol–water partition coefficient (Wildman–Crippen LogP) is 3.91. The van der Waals surface area contributed by atoms with Crippen LogP contribution in [-0.2, 0) is 9.59 Å². The van der Waals surface area contributed by atoms with E-state index in [2.05, 4.69) is 47.5 Å². The average molecular weight is 359 g/mol. The molecule has 4 heteroatoms. The fraction of sp³-hybridized carbons (Fsp3) is 0.636. The molecular weight excluding hydrogens is 324 g/mol. The number of likely N-dealkylation sites (tertiary alicyclic amines) is 1. The molecule has 0 atom stereocenters. The van der Waals surface area contributed by atoms with Gasteiger partial charge in [0.2, 0.25) is 5.78 Å². The lowest BCUT2D eigenvalue weighted by Crippen LogP contribution is -2.40. The molecule has 1 aromatic carbocycles. The third-order valence-corrected chi connectivity index (χ3v) is 5.33. The first-order valence-electron chi connectivity index (χ1n) is 10.3. The molecule has 26 heavy (non-hydrogen) atoms. The molecule has 1 aromatic rings. The molecule has 0 saturated carbocycles. The number of rotatable bonds is 11. The zero-order valence-corrected chi connectivity index (χ0v) is 16.2. The molecule has 0 aliphatic carbocycles. The van der Waals surface area contributed by atoms with E-state index in [1.807, 2.05) is 0 Å². The Labute approximate surface area is 158 Å². The zero-order chi connectivity index (χ0) is 18.6. The van der Waals surface area contributed by atoms with Crippen LogP contribution in [0, 0.1) is 0 Å². The monoisotopic (exact) mass is 358 g/mol. The van der Waals surface area contributed by atoms with E-state index in [1.54, 1.807) is 0 Å². The SMILES string of the molecule is CCCCCCCC(=O)C(=O)NCCN1CCC(c2ccccc2)CC1. The zero-order valence-electron chi connectivity index (χ0n) is 16.2. The maximum absolute atomic E-state index is 11.9. The Kier molecular flexibility index (Phi) is 9.40. The highest BCUT2D eigenvalue weighted by atomic mass is 16.2. The lowest BCUT2D eigenvalue weighted by Gasteiger charge is -2.32. The van der Waals surface area contributed by atoms with Gasteiger partial charge in [0, 0.05) is 19.5 Å². The molecule has 1 aliphatic heterocycles. The predicted molar refractivity (Wildman–Crippen MR) is 106 cm³/mol. The molecule has 144 valence electrons. The van der Waals surface area contributed by atoms with Gasteiger partial charge in [-0.1, -0.05) is 62.9 Å². The molecule has 4 nitrogen and oxygen atoms in total. The van der Waals surface area contributed by atoms with Crippen molar-refractivity contribution >= 4 is 11.7 Å². The highest BCUT2D eigenvalue weighted by Gasteiger charge is 2.20. The summed E-state index contributed by atoms with van der Waals surface area (Å²) < 4.78 is 0. The molecule has 0 unspecified atom stereocenters. The first-order chi connectivity index (χ1) is 12.7. The topological polar surface area (TPSA) is 49.4 Å². The van der Waals surface area contributed by atoms with Crippen LogP contribution in [0.4, 0.5) is 0 Å². The lowest BCUT2D eigenvalue weighted by atomic mass is 9.89. The van der Waals surface area contributed by atoms with Crippen LogP contribution in [0.5, 0.6) is 0 Å². The number of ketones is 1. The van der Waals surface area contributed by atoms with Crippen molar-refractivity contribution in [3.8, 4) is 0 Å². The van der Waals surface area contributed by atoms with Crippen LogP contribution in [0.3, 0.4) is 0 Å². The van der Waals surface area contributed by atoms with Gasteiger partial charge in [0.1, 0.15) is 0 Å². The molecule has 0 spiro atoms. The third-order valence-electron chi connectivity index (χ3n) is 5.33. The smallest absolute Gasteiger partial charge is 0.287 e. The summed E-state index contributed by atoms with van der Waals surface area (Å²) in [5.41, 5.74) is 1.44. The molecule has 1 amide bonds. The maximum atomic E-state index is 11.9. The van der Waals surface area contributed by atoms with Gasteiger partial charge >= 0.3 is 0 Å². The van der Waals surface area contributed by atoms with Crippen molar-refractivity contribution in [2.24, 2.45) is 0 Å². The van der Waals surface area contributed by atoms with E-state index in [0.29, 0.717) is 18.9 Å². The van der Waals surface area contributed by atoms with Gasteiger partial charge in [-0.2, -0.15) is 0 Å². The third kappa shape index (κ3) is 7.28. The molecule has 1 aliphatic rings. The summed E-state index contributed by atoms with van der Waals surface area (Å²) >= 11 is 0. The van der Waals surface area contributed by atoms with Crippen LogP contribution >= 0.6 is 0 Å². The van der Waals surface area contributed by atoms with E-state index >= 15 is 0 Å². The van der Waals surface area contributed by atoms with Crippen molar-refractivity contribution in [2.75, 3.05) is 26.2 Å². The van der Waals surface area contributed by atoms with Gasteiger partial charge in [-0.3, -0.25) is 9.59 Å². The highest BCUT2D eigenvalue weighted by molar-refractivity contribution is 6.36. The van der Waals surface area contributed by atoms with Crippen LogP contribution in [0.15, 0.2) is 30.3 Å². The second kappa shape index (κ2) is 11.8. The highest BCUT2D eigenvalue weighted by Crippen LogP contribution is 2.27. The summed E-state index contributed by atoms with van der Waals surface area (Å²) in [4.78, 5) is 26.1.